The Kier molecular flexibility index (Phi) is 7.98. The molecule has 1 aliphatic rings. The molecule has 1 fully saturated rings. The van der Waals surface area contributed by atoms with E-state index < -0.39 is 10.0 Å². The summed E-state index contributed by atoms with van der Waals surface area (Å²) in [4.78, 5) is 14.7. The van der Waals surface area contributed by atoms with Crippen LogP contribution < -0.4 is 10.0 Å². The molecule has 1 saturated heterocycles. The second-order valence-corrected chi connectivity index (χ2v) is 9.24. The van der Waals surface area contributed by atoms with E-state index in [4.69, 9.17) is 4.74 Å². The third kappa shape index (κ3) is 6.91. The molecule has 2 aromatic rings. The van der Waals surface area contributed by atoms with Crippen LogP contribution >= 0.6 is 0 Å². The number of rotatable bonds is 9. The van der Waals surface area contributed by atoms with Gasteiger partial charge in [0.2, 0.25) is 15.9 Å². The van der Waals surface area contributed by atoms with E-state index in [1.165, 1.54) is 17.7 Å². The molecule has 1 amide bonds. The molecule has 0 bridgehead atoms. The topological polar surface area (TPSA) is 87.7 Å². The Morgan fingerprint density at radius 1 is 1.13 bits per heavy atom. The first kappa shape index (κ1) is 22.4. The zero-order valence-electron chi connectivity index (χ0n) is 17.2. The zero-order valence-corrected chi connectivity index (χ0v) is 18.0. The van der Waals surface area contributed by atoms with Gasteiger partial charge in [-0.1, -0.05) is 42.5 Å². The number of carbonyl (C=O) groups excluding carboxylic acids is 1. The van der Waals surface area contributed by atoms with Gasteiger partial charge in [0, 0.05) is 39.1 Å². The first-order chi connectivity index (χ1) is 14.4. The van der Waals surface area contributed by atoms with Crippen LogP contribution in [0.5, 0.6) is 0 Å². The van der Waals surface area contributed by atoms with Crippen LogP contribution in [-0.2, 0) is 32.6 Å². The second-order valence-electron chi connectivity index (χ2n) is 7.47. The van der Waals surface area contributed by atoms with Gasteiger partial charge in [-0.3, -0.25) is 9.69 Å². The van der Waals surface area contributed by atoms with Crippen molar-refractivity contribution in [1.82, 2.24) is 14.9 Å². The summed E-state index contributed by atoms with van der Waals surface area (Å²) in [5.41, 5.74) is 2.22. The maximum absolute atomic E-state index is 12.2. The summed E-state index contributed by atoms with van der Waals surface area (Å²) >= 11 is 0. The van der Waals surface area contributed by atoms with Gasteiger partial charge < -0.3 is 10.1 Å². The average molecular weight is 432 g/mol. The Bertz CT molecular complexity index is 934. The largest absolute Gasteiger partial charge is 0.376 e. The molecule has 1 aliphatic heterocycles. The van der Waals surface area contributed by atoms with Crippen LogP contribution in [0.3, 0.4) is 0 Å². The minimum absolute atomic E-state index is 0.0539. The van der Waals surface area contributed by atoms with Gasteiger partial charge in [0.15, 0.2) is 0 Å². The van der Waals surface area contributed by atoms with Crippen LogP contribution in [0.2, 0.25) is 0 Å². The Hall–Kier alpha value is -2.26. The van der Waals surface area contributed by atoms with E-state index in [9.17, 15) is 13.2 Å². The Balaban J connectivity index is 1.42. The number of morpholine rings is 1. The van der Waals surface area contributed by atoms with Gasteiger partial charge in [-0.25, -0.2) is 13.1 Å². The van der Waals surface area contributed by atoms with Crippen molar-refractivity contribution < 1.29 is 17.9 Å². The van der Waals surface area contributed by atoms with Crippen molar-refractivity contribution >= 4 is 15.9 Å². The number of nitrogens with zero attached hydrogens (tertiary/aromatic N) is 1. The molecule has 0 aromatic heterocycles. The summed E-state index contributed by atoms with van der Waals surface area (Å²) in [6.45, 7) is 6.00. The highest BCUT2D eigenvalue weighted by Crippen LogP contribution is 2.12. The fourth-order valence-electron chi connectivity index (χ4n) is 3.40. The van der Waals surface area contributed by atoms with Crippen LogP contribution in [0, 0.1) is 0 Å². The minimum atomic E-state index is -3.59. The molecule has 7 nitrogen and oxygen atoms in total. The number of hydrogen-bond acceptors (Lipinski definition) is 5. The normalized spacial score (nSPS) is 17.6. The van der Waals surface area contributed by atoms with Crippen molar-refractivity contribution in [3.8, 4) is 0 Å². The van der Waals surface area contributed by atoms with Crippen molar-refractivity contribution in [2.24, 2.45) is 0 Å². The lowest BCUT2D eigenvalue weighted by Crippen LogP contribution is -2.40. The van der Waals surface area contributed by atoms with Gasteiger partial charge in [0.1, 0.15) is 0 Å². The van der Waals surface area contributed by atoms with Gasteiger partial charge in [-0.2, -0.15) is 0 Å². The lowest BCUT2D eigenvalue weighted by molar-refractivity contribution is -0.121. The Morgan fingerprint density at radius 3 is 2.67 bits per heavy atom. The monoisotopic (exact) mass is 431 g/mol. The molecular formula is C22H29N3O4S. The summed E-state index contributed by atoms with van der Waals surface area (Å²) in [5.74, 6) is -0.196. The van der Waals surface area contributed by atoms with Crippen molar-refractivity contribution in [1.29, 1.82) is 0 Å². The van der Waals surface area contributed by atoms with Crippen LogP contribution in [0.4, 0.5) is 0 Å². The van der Waals surface area contributed by atoms with Crippen LogP contribution in [0.15, 0.2) is 59.5 Å². The molecule has 0 aliphatic carbocycles. The third-order valence-corrected chi connectivity index (χ3v) is 6.39. The number of carbonyl (C=O) groups is 1. The van der Waals surface area contributed by atoms with E-state index in [0.717, 1.165) is 31.8 Å². The number of hydrogen-bond donors (Lipinski definition) is 2. The lowest BCUT2D eigenvalue weighted by atomic mass is 10.1. The lowest BCUT2D eigenvalue weighted by Gasteiger charge is -2.31. The molecule has 2 N–H and O–H groups in total. The summed E-state index contributed by atoms with van der Waals surface area (Å²) < 4.78 is 32.4. The Labute approximate surface area is 178 Å². The summed E-state index contributed by atoms with van der Waals surface area (Å²) in [5, 5.41) is 2.86. The first-order valence-corrected chi connectivity index (χ1v) is 11.6. The summed E-state index contributed by atoms with van der Waals surface area (Å²) in [6, 6.07) is 16.3. The first-order valence-electron chi connectivity index (χ1n) is 10.2. The molecule has 3 rings (SSSR count). The number of benzene rings is 2. The van der Waals surface area contributed by atoms with E-state index >= 15 is 0 Å². The molecule has 1 heterocycles. The zero-order chi connectivity index (χ0) is 21.4. The van der Waals surface area contributed by atoms with Gasteiger partial charge in [0.05, 0.1) is 17.6 Å². The highest BCUT2D eigenvalue weighted by molar-refractivity contribution is 7.89. The quantitative estimate of drug-likeness (QED) is 0.633. The van der Waals surface area contributed by atoms with Gasteiger partial charge in [-0.15, -0.1) is 0 Å². The van der Waals surface area contributed by atoms with Crippen LogP contribution in [0.1, 0.15) is 24.5 Å². The standard InChI is InChI=1S/C22H29N3O4S/c1-18-16-25(12-13-29-18)17-20-7-5-6-19(14-20)15-23-22(26)10-11-24-30(27,28)21-8-3-2-4-9-21/h2-9,14,18,24H,10-13,15-17H2,1H3,(H,23,26). The molecule has 30 heavy (non-hydrogen) atoms. The molecule has 1 unspecified atom stereocenters. The van der Waals surface area contributed by atoms with Gasteiger partial charge >= 0.3 is 0 Å². The third-order valence-electron chi connectivity index (χ3n) is 4.91. The molecule has 0 spiro atoms. The number of nitrogens with one attached hydrogen (secondary N) is 2. The smallest absolute Gasteiger partial charge is 0.240 e. The number of amides is 1. The number of ether oxygens (including phenoxy) is 1. The predicted octanol–water partition coefficient (Wildman–Crippen LogP) is 1.89. The SMILES string of the molecule is CC1CN(Cc2cccc(CNC(=O)CCNS(=O)(=O)c3ccccc3)c2)CCO1. The van der Waals surface area contributed by atoms with E-state index in [0.29, 0.717) is 6.54 Å². The molecule has 1 atom stereocenters. The molecule has 0 radical (unpaired) electrons. The molecule has 0 saturated carbocycles. The molecule has 2 aromatic carbocycles. The fourth-order valence-corrected chi connectivity index (χ4v) is 4.45. The van der Waals surface area contributed by atoms with Crippen molar-refractivity contribution in [3.05, 3.63) is 65.7 Å². The highest BCUT2D eigenvalue weighted by atomic mass is 32.2. The Morgan fingerprint density at radius 2 is 1.90 bits per heavy atom. The molecule has 162 valence electrons. The minimum Gasteiger partial charge on any atom is -0.376 e. The summed E-state index contributed by atoms with van der Waals surface area (Å²) in [7, 11) is -3.59. The van der Waals surface area contributed by atoms with Gasteiger partial charge in [0.25, 0.3) is 0 Å². The van der Waals surface area contributed by atoms with Crippen molar-refractivity contribution in [2.45, 2.75) is 37.4 Å². The van der Waals surface area contributed by atoms with Gasteiger partial charge in [-0.05, 0) is 30.2 Å². The highest BCUT2D eigenvalue weighted by Gasteiger charge is 2.17. The predicted molar refractivity (Wildman–Crippen MR) is 115 cm³/mol. The van der Waals surface area contributed by atoms with E-state index in [1.807, 2.05) is 12.1 Å². The fraction of sp³-hybridized carbons (Fsp3) is 0.409. The van der Waals surface area contributed by atoms with Crippen molar-refractivity contribution in [3.63, 3.8) is 0 Å². The maximum Gasteiger partial charge on any atom is 0.240 e. The number of sulfonamides is 1. The second kappa shape index (κ2) is 10.7. The van der Waals surface area contributed by atoms with Crippen LogP contribution in [-0.4, -0.2) is 51.6 Å². The molecule has 8 heteroatoms. The maximum atomic E-state index is 12.2. The van der Waals surface area contributed by atoms with E-state index in [1.54, 1.807) is 18.2 Å². The summed E-state index contributed by atoms with van der Waals surface area (Å²) in [6.07, 6.45) is 0.331. The van der Waals surface area contributed by atoms with E-state index in [-0.39, 0.29) is 29.9 Å². The van der Waals surface area contributed by atoms with Crippen molar-refractivity contribution in [2.75, 3.05) is 26.2 Å². The van der Waals surface area contributed by atoms with Crippen LogP contribution in [0.25, 0.3) is 0 Å². The average Bonchev–Trinajstić information content (AvgIpc) is 2.73. The van der Waals surface area contributed by atoms with E-state index in [2.05, 4.69) is 34.0 Å². The molecular weight excluding hydrogens is 402 g/mol.